The Kier molecular flexibility index (Phi) is 3.02. The van der Waals surface area contributed by atoms with Crippen LogP contribution in [-0.4, -0.2) is 15.0 Å². The first-order valence-corrected chi connectivity index (χ1v) is 5.11. The Balaban J connectivity index is 2.24. The Hall–Kier alpha value is -1.77. The quantitative estimate of drug-likeness (QED) is 0.762. The minimum Gasteiger partial charge on any atom is -0.265 e. The van der Waals surface area contributed by atoms with Crippen LogP contribution in [-0.2, 0) is 6.42 Å². The molecule has 2 rings (SSSR count). The lowest BCUT2D eigenvalue weighted by Crippen LogP contribution is -1.92. The Morgan fingerprint density at radius 2 is 1.73 bits per heavy atom. The van der Waals surface area contributed by atoms with E-state index in [1.165, 1.54) is 5.56 Å². The number of rotatable bonds is 3. The SMILES string of the molecule is CCCc1cnc(-c2ccncc2)nc1. The highest BCUT2D eigenvalue weighted by molar-refractivity contribution is 5.53. The van der Waals surface area contributed by atoms with Crippen molar-refractivity contribution >= 4 is 0 Å². The molecule has 0 aromatic carbocycles. The van der Waals surface area contributed by atoms with Gasteiger partial charge in [-0.1, -0.05) is 13.3 Å². The van der Waals surface area contributed by atoms with Gasteiger partial charge in [0.2, 0.25) is 0 Å². The third-order valence-electron chi connectivity index (χ3n) is 2.18. The highest BCUT2D eigenvalue weighted by Gasteiger charge is 1.99. The molecule has 0 aliphatic heterocycles. The average Bonchev–Trinajstić information content (AvgIpc) is 2.32. The number of aryl methyl sites for hydroxylation is 1. The first-order valence-electron chi connectivity index (χ1n) is 5.11. The fraction of sp³-hybridized carbons (Fsp3) is 0.250. The van der Waals surface area contributed by atoms with Gasteiger partial charge in [0.25, 0.3) is 0 Å². The van der Waals surface area contributed by atoms with Crippen molar-refractivity contribution in [3.05, 3.63) is 42.5 Å². The molecule has 0 saturated heterocycles. The molecular formula is C12H13N3. The molecule has 0 fully saturated rings. The van der Waals surface area contributed by atoms with Gasteiger partial charge in [0.05, 0.1) is 0 Å². The number of hydrogen-bond donors (Lipinski definition) is 0. The molecule has 0 unspecified atom stereocenters. The Morgan fingerprint density at radius 3 is 2.33 bits per heavy atom. The second kappa shape index (κ2) is 4.64. The zero-order chi connectivity index (χ0) is 10.5. The van der Waals surface area contributed by atoms with E-state index in [-0.39, 0.29) is 0 Å². The molecule has 0 bridgehead atoms. The van der Waals surface area contributed by atoms with E-state index in [2.05, 4.69) is 21.9 Å². The fourth-order valence-electron chi connectivity index (χ4n) is 1.42. The van der Waals surface area contributed by atoms with E-state index in [1.54, 1.807) is 12.4 Å². The van der Waals surface area contributed by atoms with Gasteiger partial charge in [-0.15, -0.1) is 0 Å². The molecule has 3 heteroatoms. The minimum absolute atomic E-state index is 0.761. The maximum Gasteiger partial charge on any atom is 0.159 e. The van der Waals surface area contributed by atoms with E-state index >= 15 is 0 Å². The zero-order valence-electron chi connectivity index (χ0n) is 8.72. The smallest absolute Gasteiger partial charge is 0.159 e. The average molecular weight is 199 g/mol. The number of aromatic nitrogens is 3. The van der Waals surface area contributed by atoms with Crippen molar-refractivity contribution in [3.63, 3.8) is 0 Å². The van der Waals surface area contributed by atoms with Gasteiger partial charge in [0.1, 0.15) is 0 Å². The molecule has 0 radical (unpaired) electrons. The van der Waals surface area contributed by atoms with Crippen LogP contribution in [0.3, 0.4) is 0 Å². The van der Waals surface area contributed by atoms with Gasteiger partial charge in [-0.05, 0) is 24.1 Å². The molecule has 2 aromatic rings. The second-order valence-corrected chi connectivity index (χ2v) is 3.40. The van der Waals surface area contributed by atoms with Crippen molar-refractivity contribution in [1.82, 2.24) is 15.0 Å². The van der Waals surface area contributed by atoms with Crippen LogP contribution < -0.4 is 0 Å². The van der Waals surface area contributed by atoms with Crippen molar-refractivity contribution < 1.29 is 0 Å². The number of hydrogen-bond acceptors (Lipinski definition) is 3. The normalized spacial score (nSPS) is 10.2. The molecule has 2 heterocycles. The summed E-state index contributed by atoms with van der Waals surface area (Å²) in [6.45, 7) is 2.15. The van der Waals surface area contributed by atoms with Crippen LogP contribution in [0.1, 0.15) is 18.9 Å². The van der Waals surface area contributed by atoms with Crippen LogP contribution in [0.15, 0.2) is 36.9 Å². The predicted molar refractivity (Wildman–Crippen MR) is 59.3 cm³/mol. The molecule has 2 aromatic heterocycles. The Bertz CT molecular complexity index is 409. The molecular weight excluding hydrogens is 186 g/mol. The van der Waals surface area contributed by atoms with E-state index in [0.29, 0.717) is 0 Å². The van der Waals surface area contributed by atoms with Crippen LogP contribution in [0.25, 0.3) is 11.4 Å². The van der Waals surface area contributed by atoms with Gasteiger partial charge in [-0.2, -0.15) is 0 Å². The number of pyridine rings is 1. The van der Waals surface area contributed by atoms with Gasteiger partial charge < -0.3 is 0 Å². The monoisotopic (exact) mass is 199 g/mol. The molecule has 76 valence electrons. The van der Waals surface area contributed by atoms with E-state index < -0.39 is 0 Å². The first kappa shape index (κ1) is 9.77. The van der Waals surface area contributed by atoms with Crippen molar-refractivity contribution in [1.29, 1.82) is 0 Å². The molecule has 0 saturated carbocycles. The lowest BCUT2D eigenvalue weighted by atomic mass is 10.2. The van der Waals surface area contributed by atoms with E-state index in [4.69, 9.17) is 0 Å². The van der Waals surface area contributed by atoms with Crippen LogP contribution in [0.5, 0.6) is 0 Å². The molecule has 0 amide bonds. The van der Waals surface area contributed by atoms with Gasteiger partial charge in [0, 0.05) is 30.4 Å². The van der Waals surface area contributed by atoms with Crippen LogP contribution in [0, 0.1) is 0 Å². The fourth-order valence-corrected chi connectivity index (χ4v) is 1.42. The molecule has 0 aliphatic carbocycles. The maximum atomic E-state index is 4.33. The van der Waals surface area contributed by atoms with Crippen molar-refractivity contribution in [2.75, 3.05) is 0 Å². The Labute approximate surface area is 89.2 Å². The van der Waals surface area contributed by atoms with Crippen LogP contribution in [0.2, 0.25) is 0 Å². The maximum absolute atomic E-state index is 4.33. The molecule has 0 spiro atoms. The minimum atomic E-state index is 0.761. The summed E-state index contributed by atoms with van der Waals surface area (Å²) in [6, 6.07) is 3.82. The van der Waals surface area contributed by atoms with E-state index in [0.717, 1.165) is 24.2 Å². The topological polar surface area (TPSA) is 38.7 Å². The highest BCUT2D eigenvalue weighted by Crippen LogP contribution is 2.12. The zero-order valence-corrected chi connectivity index (χ0v) is 8.72. The molecule has 0 N–H and O–H groups in total. The third kappa shape index (κ3) is 2.37. The standard InChI is InChI=1S/C12H13N3/c1-2-3-10-8-14-12(15-9-10)11-4-6-13-7-5-11/h4-9H,2-3H2,1H3. The Morgan fingerprint density at radius 1 is 1.07 bits per heavy atom. The highest BCUT2D eigenvalue weighted by atomic mass is 14.9. The lowest BCUT2D eigenvalue weighted by Gasteiger charge is -2.00. The van der Waals surface area contributed by atoms with Crippen molar-refractivity contribution in [2.24, 2.45) is 0 Å². The summed E-state index contributed by atoms with van der Waals surface area (Å²) in [4.78, 5) is 12.6. The molecule has 0 aliphatic rings. The van der Waals surface area contributed by atoms with Crippen LogP contribution >= 0.6 is 0 Å². The summed E-state index contributed by atoms with van der Waals surface area (Å²) in [5.41, 5.74) is 2.20. The summed E-state index contributed by atoms with van der Waals surface area (Å²) < 4.78 is 0. The van der Waals surface area contributed by atoms with E-state index in [9.17, 15) is 0 Å². The van der Waals surface area contributed by atoms with Gasteiger partial charge in [-0.25, -0.2) is 9.97 Å². The summed E-state index contributed by atoms with van der Waals surface area (Å²) >= 11 is 0. The largest absolute Gasteiger partial charge is 0.265 e. The summed E-state index contributed by atoms with van der Waals surface area (Å²) in [6.07, 6.45) is 9.45. The second-order valence-electron chi connectivity index (χ2n) is 3.40. The van der Waals surface area contributed by atoms with Gasteiger partial charge in [0.15, 0.2) is 5.82 Å². The molecule has 3 nitrogen and oxygen atoms in total. The number of nitrogens with zero attached hydrogens (tertiary/aromatic N) is 3. The van der Waals surface area contributed by atoms with Crippen molar-refractivity contribution in [2.45, 2.75) is 19.8 Å². The van der Waals surface area contributed by atoms with Gasteiger partial charge >= 0.3 is 0 Å². The third-order valence-corrected chi connectivity index (χ3v) is 2.18. The first-order chi connectivity index (χ1) is 7.40. The summed E-state index contributed by atoms with van der Waals surface area (Å²) in [7, 11) is 0. The molecule has 0 atom stereocenters. The summed E-state index contributed by atoms with van der Waals surface area (Å²) in [5, 5.41) is 0. The van der Waals surface area contributed by atoms with Gasteiger partial charge in [-0.3, -0.25) is 4.98 Å². The predicted octanol–water partition coefficient (Wildman–Crippen LogP) is 2.49. The van der Waals surface area contributed by atoms with Crippen molar-refractivity contribution in [3.8, 4) is 11.4 Å². The lowest BCUT2D eigenvalue weighted by molar-refractivity contribution is 0.902. The van der Waals surface area contributed by atoms with E-state index in [1.807, 2.05) is 24.5 Å². The molecule has 15 heavy (non-hydrogen) atoms. The van der Waals surface area contributed by atoms with Crippen LogP contribution in [0.4, 0.5) is 0 Å². The summed E-state index contributed by atoms with van der Waals surface area (Å²) in [5.74, 6) is 0.761.